The van der Waals surface area contributed by atoms with E-state index in [1.165, 1.54) is 4.70 Å². The highest BCUT2D eigenvalue weighted by Crippen LogP contribution is 2.45. The van der Waals surface area contributed by atoms with Crippen LogP contribution in [-0.4, -0.2) is 5.78 Å². The molecule has 2 nitrogen and oxygen atoms in total. The molecule has 1 aromatic heterocycles. The minimum atomic E-state index is -0.527. The summed E-state index contributed by atoms with van der Waals surface area (Å²) in [5, 5.41) is 10.4. The lowest BCUT2D eigenvalue weighted by molar-refractivity contribution is -0.126. The highest BCUT2D eigenvalue weighted by molar-refractivity contribution is 7.19. The smallest absolute Gasteiger partial charge is 0.136 e. The Bertz CT molecular complexity index is 579. The van der Waals surface area contributed by atoms with Crippen LogP contribution in [0.25, 0.3) is 10.1 Å². The van der Waals surface area contributed by atoms with Gasteiger partial charge in [-0.05, 0) is 17.5 Å². The Kier molecular flexibility index (Phi) is 1.89. The molecule has 16 heavy (non-hydrogen) atoms. The number of nitrogens with zero attached hydrogens (tertiary/aromatic N) is 1. The summed E-state index contributed by atoms with van der Waals surface area (Å²) in [7, 11) is 0. The molecule has 1 saturated carbocycles. The van der Waals surface area contributed by atoms with E-state index in [0.29, 0.717) is 12.8 Å². The van der Waals surface area contributed by atoms with Crippen molar-refractivity contribution in [1.29, 1.82) is 5.26 Å². The van der Waals surface area contributed by atoms with Gasteiger partial charge in [0, 0.05) is 22.4 Å². The van der Waals surface area contributed by atoms with Gasteiger partial charge in [-0.15, -0.1) is 11.3 Å². The molecule has 1 aromatic carbocycles. The van der Waals surface area contributed by atoms with E-state index < -0.39 is 5.41 Å². The van der Waals surface area contributed by atoms with Crippen molar-refractivity contribution in [2.24, 2.45) is 0 Å². The average molecular weight is 227 g/mol. The van der Waals surface area contributed by atoms with Crippen LogP contribution in [0.1, 0.15) is 17.7 Å². The molecule has 1 aliphatic rings. The quantitative estimate of drug-likeness (QED) is 0.751. The Morgan fingerprint density at radius 3 is 2.69 bits per heavy atom. The van der Waals surface area contributed by atoms with Crippen LogP contribution in [0.5, 0.6) is 0 Å². The number of hydrogen-bond acceptors (Lipinski definition) is 3. The van der Waals surface area contributed by atoms with E-state index in [9.17, 15) is 10.1 Å². The van der Waals surface area contributed by atoms with Gasteiger partial charge >= 0.3 is 0 Å². The maximum atomic E-state index is 11.1. The number of hydrogen-bond donors (Lipinski definition) is 0. The molecule has 0 atom stereocenters. The Balaban J connectivity index is 2.13. The molecular weight excluding hydrogens is 218 g/mol. The van der Waals surface area contributed by atoms with E-state index in [0.717, 1.165) is 10.3 Å². The van der Waals surface area contributed by atoms with Gasteiger partial charge in [0.25, 0.3) is 0 Å². The Morgan fingerprint density at radius 1 is 1.31 bits per heavy atom. The molecule has 0 amide bonds. The van der Waals surface area contributed by atoms with E-state index in [1.54, 1.807) is 11.3 Å². The van der Waals surface area contributed by atoms with Crippen molar-refractivity contribution >= 4 is 27.2 Å². The van der Waals surface area contributed by atoms with Crippen LogP contribution in [0, 0.1) is 11.3 Å². The van der Waals surface area contributed by atoms with E-state index in [-0.39, 0.29) is 5.78 Å². The van der Waals surface area contributed by atoms with E-state index in [1.807, 2.05) is 18.2 Å². The van der Waals surface area contributed by atoms with Gasteiger partial charge in [-0.3, -0.25) is 4.79 Å². The number of thiophene rings is 1. The molecule has 3 rings (SSSR count). The van der Waals surface area contributed by atoms with Crippen molar-refractivity contribution in [2.75, 3.05) is 0 Å². The monoisotopic (exact) mass is 227 g/mol. The van der Waals surface area contributed by atoms with Gasteiger partial charge < -0.3 is 0 Å². The number of fused-ring (bicyclic) bond motifs is 1. The second kappa shape index (κ2) is 3.16. The average Bonchev–Trinajstić information content (AvgIpc) is 2.68. The molecule has 78 valence electrons. The number of carbonyl (C=O) groups excluding carboxylic acids is 1. The second-order valence-corrected chi connectivity index (χ2v) is 5.32. The van der Waals surface area contributed by atoms with Gasteiger partial charge in [-0.1, -0.05) is 18.2 Å². The van der Waals surface area contributed by atoms with E-state index in [4.69, 9.17) is 0 Å². The van der Waals surface area contributed by atoms with Gasteiger partial charge in [0.2, 0.25) is 0 Å². The molecule has 1 heterocycles. The third-order valence-corrected chi connectivity index (χ3v) is 4.43. The summed E-state index contributed by atoms with van der Waals surface area (Å²) in [4.78, 5) is 12.2. The first-order chi connectivity index (χ1) is 7.73. The fourth-order valence-electron chi connectivity index (χ4n) is 2.15. The topological polar surface area (TPSA) is 40.9 Å². The summed E-state index contributed by atoms with van der Waals surface area (Å²) in [6.07, 6.45) is 0.770. The van der Waals surface area contributed by atoms with Crippen LogP contribution >= 0.6 is 11.3 Å². The van der Waals surface area contributed by atoms with Crippen molar-refractivity contribution in [1.82, 2.24) is 0 Å². The lowest BCUT2D eigenvalue weighted by Crippen LogP contribution is -2.39. The predicted octanol–water partition coefficient (Wildman–Crippen LogP) is 3.03. The fourth-order valence-corrected chi connectivity index (χ4v) is 3.35. The van der Waals surface area contributed by atoms with Gasteiger partial charge in [0.1, 0.15) is 11.2 Å². The molecule has 1 aliphatic carbocycles. The van der Waals surface area contributed by atoms with E-state index in [2.05, 4.69) is 18.2 Å². The van der Waals surface area contributed by atoms with Crippen LogP contribution < -0.4 is 0 Å². The largest absolute Gasteiger partial charge is 0.300 e. The number of ketones is 1. The number of carbonyl (C=O) groups is 1. The zero-order valence-electron chi connectivity index (χ0n) is 8.56. The maximum Gasteiger partial charge on any atom is 0.136 e. The Labute approximate surface area is 97.1 Å². The van der Waals surface area contributed by atoms with Crippen LogP contribution in [0.15, 0.2) is 30.3 Å². The van der Waals surface area contributed by atoms with Gasteiger partial charge in [-0.25, -0.2) is 0 Å². The molecule has 0 saturated heterocycles. The molecule has 1 fully saturated rings. The normalized spacial score (nSPS) is 18.1. The van der Waals surface area contributed by atoms with Crippen LogP contribution in [0.3, 0.4) is 0 Å². The summed E-state index contributed by atoms with van der Waals surface area (Å²) >= 11 is 1.63. The Hall–Kier alpha value is -1.66. The second-order valence-electron chi connectivity index (χ2n) is 4.23. The third kappa shape index (κ3) is 1.20. The lowest BCUT2D eigenvalue weighted by Gasteiger charge is -2.32. The highest BCUT2D eigenvalue weighted by Gasteiger charge is 2.46. The summed E-state index contributed by atoms with van der Waals surface area (Å²) in [6, 6.07) is 12.4. The summed E-state index contributed by atoms with van der Waals surface area (Å²) in [5.41, 5.74) is -0.527. The molecule has 0 unspecified atom stereocenters. The van der Waals surface area contributed by atoms with Crippen molar-refractivity contribution in [2.45, 2.75) is 18.3 Å². The molecule has 0 N–H and O–H groups in total. The minimum Gasteiger partial charge on any atom is -0.300 e. The van der Waals surface area contributed by atoms with Gasteiger partial charge in [-0.2, -0.15) is 5.26 Å². The molecular formula is C13H9NOS. The molecule has 0 radical (unpaired) electrons. The standard InChI is InChI=1S/C13H9NOS/c14-8-13(6-10(15)7-13)12-5-9-3-1-2-4-11(9)16-12/h1-5H,6-7H2. The number of Topliss-reactive ketones (excluding diaryl/α,β-unsaturated/α-hetero) is 1. The Morgan fingerprint density at radius 2 is 2.06 bits per heavy atom. The van der Waals surface area contributed by atoms with Crippen molar-refractivity contribution in [3.63, 3.8) is 0 Å². The predicted molar refractivity (Wildman–Crippen MR) is 63.4 cm³/mol. The maximum absolute atomic E-state index is 11.1. The highest BCUT2D eigenvalue weighted by atomic mass is 32.1. The first kappa shape index (κ1) is 9.56. The van der Waals surface area contributed by atoms with Gasteiger partial charge in [0.15, 0.2) is 0 Å². The first-order valence-electron chi connectivity index (χ1n) is 5.15. The van der Waals surface area contributed by atoms with Crippen LogP contribution in [0.2, 0.25) is 0 Å². The van der Waals surface area contributed by atoms with Crippen molar-refractivity contribution in [3.05, 3.63) is 35.2 Å². The fraction of sp³-hybridized carbons (Fsp3) is 0.231. The number of nitriles is 1. The molecule has 0 aliphatic heterocycles. The first-order valence-corrected chi connectivity index (χ1v) is 5.97. The van der Waals surface area contributed by atoms with Crippen molar-refractivity contribution < 1.29 is 4.79 Å². The SMILES string of the molecule is N#CC1(c2cc3ccccc3s2)CC(=O)C1. The summed E-state index contributed by atoms with van der Waals surface area (Å²) < 4.78 is 1.19. The molecule has 3 heteroatoms. The van der Waals surface area contributed by atoms with Gasteiger partial charge in [0.05, 0.1) is 6.07 Å². The summed E-state index contributed by atoms with van der Waals surface area (Å²) in [6.45, 7) is 0. The van der Waals surface area contributed by atoms with Crippen LogP contribution in [-0.2, 0) is 10.2 Å². The lowest BCUT2D eigenvalue weighted by atomic mass is 9.68. The zero-order chi connectivity index (χ0) is 11.2. The van der Waals surface area contributed by atoms with Crippen LogP contribution in [0.4, 0.5) is 0 Å². The van der Waals surface area contributed by atoms with Crippen molar-refractivity contribution in [3.8, 4) is 6.07 Å². The van der Waals surface area contributed by atoms with E-state index >= 15 is 0 Å². The third-order valence-electron chi connectivity index (χ3n) is 3.11. The zero-order valence-corrected chi connectivity index (χ0v) is 9.38. The molecule has 2 aromatic rings. The molecule has 0 spiro atoms. The minimum absolute atomic E-state index is 0.194. The number of benzene rings is 1. The molecule has 0 bridgehead atoms. The number of rotatable bonds is 1. The summed E-state index contributed by atoms with van der Waals surface area (Å²) in [5.74, 6) is 0.194.